The molecule has 0 spiro atoms. The number of carbonyl (C=O) groups is 1. The number of fused-ring (bicyclic) bond motifs is 1. The van der Waals surface area contributed by atoms with Crippen LogP contribution in [0.4, 0.5) is 5.95 Å². The molecule has 172 valence electrons. The van der Waals surface area contributed by atoms with Gasteiger partial charge in [-0.1, -0.05) is 18.2 Å². The summed E-state index contributed by atoms with van der Waals surface area (Å²) in [7, 11) is 0. The summed E-state index contributed by atoms with van der Waals surface area (Å²) in [5, 5.41) is 0.441. The van der Waals surface area contributed by atoms with Crippen LogP contribution >= 0.6 is 15.9 Å². The summed E-state index contributed by atoms with van der Waals surface area (Å²) in [4.78, 5) is 52.8. The smallest absolute Gasteiger partial charge is 0.329 e. The molecule has 9 nitrogen and oxygen atoms in total. The summed E-state index contributed by atoms with van der Waals surface area (Å²) in [5.74, 6) is 0.581. The lowest BCUT2D eigenvalue weighted by Crippen LogP contribution is -2.49. The van der Waals surface area contributed by atoms with Crippen molar-refractivity contribution in [3.05, 3.63) is 97.4 Å². The molecule has 34 heavy (non-hydrogen) atoms. The molecule has 1 aliphatic heterocycles. The Labute approximate surface area is 202 Å². The van der Waals surface area contributed by atoms with Crippen LogP contribution in [0.3, 0.4) is 0 Å². The molecule has 3 heterocycles. The molecular weight excluding hydrogens is 500 g/mol. The number of rotatable bonds is 4. The van der Waals surface area contributed by atoms with Crippen LogP contribution in [0.25, 0.3) is 10.9 Å². The van der Waals surface area contributed by atoms with Gasteiger partial charge in [0.2, 0.25) is 5.95 Å². The maximum absolute atomic E-state index is 13.3. The minimum absolute atomic E-state index is 0.0824. The number of hydrogen-bond acceptors (Lipinski definition) is 6. The lowest BCUT2D eigenvalue weighted by atomic mass is 10.1. The number of nitrogens with zero attached hydrogens (tertiary/aromatic N) is 5. The number of benzene rings is 2. The van der Waals surface area contributed by atoms with Crippen molar-refractivity contribution in [3.8, 4) is 0 Å². The van der Waals surface area contributed by atoms with Gasteiger partial charge >= 0.3 is 5.69 Å². The van der Waals surface area contributed by atoms with Crippen molar-refractivity contribution in [1.82, 2.24) is 24.4 Å². The van der Waals surface area contributed by atoms with E-state index >= 15 is 0 Å². The molecule has 5 rings (SSSR count). The Bertz CT molecular complexity index is 1480. The standard InChI is InChI=1S/C24H21BrN6O3/c25-19-7-6-16(15-31-20-5-2-1-4-17(20)21(32)28-24(31)34)14-18(19)22(33)29-10-12-30(13-11-29)23-26-8-3-9-27-23/h1-9,14H,10-13,15H2,(H,28,32,34). The molecule has 0 radical (unpaired) electrons. The Hall–Kier alpha value is -3.79. The first-order valence-corrected chi connectivity index (χ1v) is 11.6. The molecule has 10 heteroatoms. The largest absolute Gasteiger partial charge is 0.337 e. The number of halogens is 1. The van der Waals surface area contributed by atoms with Gasteiger partial charge in [-0.05, 0) is 51.8 Å². The molecule has 1 saturated heterocycles. The predicted molar refractivity (Wildman–Crippen MR) is 132 cm³/mol. The molecule has 1 N–H and O–H groups in total. The van der Waals surface area contributed by atoms with Gasteiger partial charge in [-0.2, -0.15) is 0 Å². The van der Waals surface area contributed by atoms with Crippen LogP contribution in [0.5, 0.6) is 0 Å². The molecule has 2 aromatic carbocycles. The molecule has 0 saturated carbocycles. The van der Waals surface area contributed by atoms with Crippen molar-refractivity contribution in [2.24, 2.45) is 0 Å². The summed E-state index contributed by atoms with van der Waals surface area (Å²) >= 11 is 3.50. The van der Waals surface area contributed by atoms with Crippen molar-refractivity contribution < 1.29 is 4.79 Å². The second kappa shape index (κ2) is 9.22. The Morgan fingerprint density at radius 1 is 0.971 bits per heavy atom. The highest BCUT2D eigenvalue weighted by Crippen LogP contribution is 2.22. The van der Waals surface area contributed by atoms with Gasteiger partial charge in [0.15, 0.2) is 0 Å². The normalized spacial score (nSPS) is 13.9. The second-order valence-electron chi connectivity index (χ2n) is 8.00. The average Bonchev–Trinajstić information content (AvgIpc) is 2.88. The van der Waals surface area contributed by atoms with Crippen molar-refractivity contribution in [1.29, 1.82) is 0 Å². The van der Waals surface area contributed by atoms with Gasteiger partial charge in [-0.3, -0.25) is 19.1 Å². The van der Waals surface area contributed by atoms with Crippen molar-refractivity contribution in [2.45, 2.75) is 6.54 Å². The minimum atomic E-state index is -0.487. The van der Waals surface area contributed by atoms with Gasteiger partial charge in [0.25, 0.3) is 11.5 Å². The van der Waals surface area contributed by atoms with E-state index in [0.29, 0.717) is 53.1 Å². The van der Waals surface area contributed by atoms with E-state index in [9.17, 15) is 14.4 Å². The van der Waals surface area contributed by atoms with Crippen LogP contribution in [0.2, 0.25) is 0 Å². The fourth-order valence-corrected chi connectivity index (χ4v) is 4.57. The molecule has 1 fully saturated rings. The molecular formula is C24H21BrN6O3. The molecule has 4 aromatic rings. The van der Waals surface area contributed by atoms with Gasteiger partial charge in [0, 0.05) is 43.0 Å². The number of aromatic nitrogens is 4. The van der Waals surface area contributed by atoms with Gasteiger partial charge in [-0.25, -0.2) is 14.8 Å². The monoisotopic (exact) mass is 520 g/mol. The highest BCUT2D eigenvalue weighted by atomic mass is 79.9. The van der Waals surface area contributed by atoms with Crippen molar-refractivity contribution >= 4 is 38.7 Å². The van der Waals surface area contributed by atoms with E-state index in [1.165, 1.54) is 4.57 Å². The molecule has 0 atom stereocenters. The first-order chi connectivity index (χ1) is 16.5. The van der Waals surface area contributed by atoms with Crippen molar-refractivity contribution in [2.75, 3.05) is 31.1 Å². The van der Waals surface area contributed by atoms with Gasteiger partial charge in [0.1, 0.15) is 0 Å². The van der Waals surface area contributed by atoms with Crippen LogP contribution in [-0.4, -0.2) is 56.5 Å². The summed E-state index contributed by atoms with van der Waals surface area (Å²) in [5.41, 5.74) is 0.958. The van der Waals surface area contributed by atoms with E-state index in [1.54, 1.807) is 48.8 Å². The Morgan fingerprint density at radius 2 is 1.71 bits per heavy atom. The minimum Gasteiger partial charge on any atom is -0.337 e. The number of nitrogens with one attached hydrogen (secondary N) is 1. The quantitative estimate of drug-likeness (QED) is 0.442. The third-order valence-corrected chi connectivity index (χ3v) is 6.60. The zero-order valence-corrected chi connectivity index (χ0v) is 19.7. The number of H-pyrrole nitrogens is 1. The van der Waals surface area contributed by atoms with E-state index in [0.717, 1.165) is 5.56 Å². The fourth-order valence-electron chi connectivity index (χ4n) is 4.15. The maximum Gasteiger partial charge on any atom is 0.329 e. The van der Waals surface area contributed by atoms with Crippen LogP contribution < -0.4 is 16.1 Å². The lowest BCUT2D eigenvalue weighted by molar-refractivity contribution is 0.0745. The molecule has 1 amide bonds. The zero-order chi connectivity index (χ0) is 23.7. The number of anilines is 1. The van der Waals surface area contributed by atoms with E-state index < -0.39 is 11.2 Å². The van der Waals surface area contributed by atoms with Gasteiger partial charge < -0.3 is 9.80 Å². The van der Waals surface area contributed by atoms with Crippen LogP contribution in [0.1, 0.15) is 15.9 Å². The first kappa shape index (κ1) is 22.0. The predicted octanol–water partition coefficient (Wildman–Crippen LogP) is 2.25. The SMILES string of the molecule is O=C(c1cc(Cn2c(=O)[nH]c(=O)c3ccccc32)ccc1Br)N1CCN(c2ncccn2)CC1. The molecule has 0 bridgehead atoms. The number of carbonyl (C=O) groups excluding carboxylic acids is 1. The topological polar surface area (TPSA) is 104 Å². The van der Waals surface area contributed by atoms with Crippen LogP contribution in [-0.2, 0) is 6.54 Å². The van der Waals surface area contributed by atoms with Crippen molar-refractivity contribution in [3.63, 3.8) is 0 Å². The third-order valence-electron chi connectivity index (χ3n) is 5.91. The number of amides is 1. The summed E-state index contributed by atoms with van der Waals surface area (Å²) in [6.45, 7) is 2.62. The van der Waals surface area contributed by atoms with Gasteiger partial charge in [-0.15, -0.1) is 0 Å². The molecule has 0 aliphatic carbocycles. The van der Waals surface area contributed by atoms with E-state index in [4.69, 9.17) is 0 Å². The van der Waals surface area contributed by atoms with E-state index in [-0.39, 0.29) is 12.5 Å². The number of piperazine rings is 1. The average molecular weight is 521 g/mol. The third kappa shape index (κ3) is 4.24. The summed E-state index contributed by atoms with van der Waals surface area (Å²) in [6, 6.07) is 14.2. The molecule has 0 unspecified atom stereocenters. The molecule has 2 aromatic heterocycles. The summed E-state index contributed by atoms with van der Waals surface area (Å²) < 4.78 is 2.20. The first-order valence-electron chi connectivity index (χ1n) is 10.8. The number of aromatic amines is 1. The lowest BCUT2D eigenvalue weighted by Gasteiger charge is -2.34. The van der Waals surface area contributed by atoms with Crippen LogP contribution in [0, 0.1) is 0 Å². The van der Waals surface area contributed by atoms with Crippen LogP contribution in [0.15, 0.2) is 75.0 Å². The summed E-state index contributed by atoms with van der Waals surface area (Å²) in [6.07, 6.45) is 3.42. The second-order valence-corrected chi connectivity index (χ2v) is 8.86. The Balaban J connectivity index is 1.38. The zero-order valence-electron chi connectivity index (χ0n) is 18.1. The fraction of sp³-hybridized carbons (Fsp3) is 0.208. The van der Waals surface area contributed by atoms with E-state index in [2.05, 4.69) is 35.8 Å². The van der Waals surface area contributed by atoms with Gasteiger partial charge in [0.05, 0.1) is 23.0 Å². The highest BCUT2D eigenvalue weighted by molar-refractivity contribution is 9.10. The Kier molecular flexibility index (Phi) is 5.97. The molecule has 1 aliphatic rings. The van der Waals surface area contributed by atoms with E-state index in [1.807, 2.05) is 17.0 Å². The number of hydrogen-bond donors (Lipinski definition) is 1. The highest BCUT2D eigenvalue weighted by Gasteiger charge is 2.25. The maximum atomic E-state index is 13.3. The Morgan fingerprint density at radius 3 is 2.47 bits per heavy atom. The number of para-hydroxylation sites is 1.